The predicted molar refractivity (Wildman–Crippen MR) is 94.8 cm³/mol. The van der Waals surface area contributed by atoms with E-state index in [2.05, 4.69) is 36.1 Å². The fourth-order valence-corrected chi connectivity index (χ4v) is 3.16. The van der Waals surface area contributed by atoms with Gasteiger partial charge in [0.15, 0.2) is 5.82 Å². The van der Waals surface area contributed by atoms with E-state index in [0.29, 0.717) is 5.02 Å². The molecule has 0 atom stereocenters. The van der Waals surface area contributed by atoms with Crippen molar-refractivity contribution in [1.82, 2.24) is 9.97 Å². The van der Waals surface area contributed by atoms with E-state index in [1.807, 2.05) is 24.3 Å². The van der Waals surface area contributed by atoms with Crippen molar-refractivity contribution in [3.8, 4) is 0 Å². The molecule has 120 valence electrons. The maximum absolute atomic E-state index is 12.4. The van der Waals surface area contributed by atoms with Crippen LogP contribution in [0.5, 0.6) is 0 Å². The van der Waals surface area contributed by atoms with Gasteiger partial charge < -0.3 is 10.2 Å². The molecule has 2 aromatic rings. The molecule has 7 heteroatoms. The van der Waals surface area contributed by atoms with Gasteiger partial charge >= 0.3 is 0 Å². The number of anilines is 2. The van der Waals surface area contributed by atoms with Crippen LogP contribution < -0.4 is 10.2 Å². The van der Waals surface area contributed by atoms with Crippen molar-refractivity contribution in [1.29, 1.82) is 0 Å². The van der Waals surface area contributed by atoms with E-state index in [-0.39, 0.29) is 11.8 Å². The highest BCUT2D eigenvalue weighted by Gasteiger charge is 2.26. The van der Waals surface area contributed by atoms with Crippen LogP contribution in [0, 0.1) is 5.92 Å². The van der Waals surface area contributed by atoms with Gasteiger partial charge in [-0.1, -0.05) is 27.5 Å². The molecule has 3 rings (SSSR count). The Hall–Kier alpha value is -1.66. The number of amides is 1. The van der Waals surface area contributed by atoms with E-state index >= 15 is 0 Å². The van der Waals surface area contributed by atoms with Crippen LogP contribution in [0.2, 0.25) is 5.02 Å². The van der Waals surface area contributed by atoms with E-state index in [9.17, 15) is 4.79 Å². The summed E-state index contributed by atoms with van der Waals surface area (Å²) in [4.78, 5) is 22.6. The van der Waals surface area contributed by atoms with Crippen LogP contribution in [0.1, 0.15) is 12.8 Å². The van der Waals surface area contributed by atoms with Crippen LogP contribution in [-0.4, -0.2) is 29.0 Å². The molecule has 23 heavy (non-hydrogen) atoms. The summed E-state index contributed by atoms with van der Waals surface area (Å²) < 4.78 is 0.991. The second-order valence-corrected chi connectivity index (χ2v) is 6.77. The van der Waals surface area contributed by atoms with Gasteiger partial charge in [0.25, 0.3) is 0 Å². The summed E-state index contributed by atoms with van der Waals surface area (Å²) in [5.74, 6) is 0.824. The summed E-state index contributed by atoms with van der Waals surface area (Å²) in [6.07, 6.45) is 4.65. The first-order valence-electron chi connectivity index (χ1n) is 7.40. The van der Waals surface area contributed by atoms with Crippen LogP contribution in [0.15, 0.2) is 41.3 Å². The molecule has 1 fully saturated rings. The molecule has 1 aliphatic heterocycles. The highest BCUT2D eigenvalue weighted by molar-refractivity contribution is 9.10. The lowest BCUT2D eigenvalue weighted by Gasteiger charge is -2.32. The summed E-state index contributed by atoms with van der Waals surface area (Å²) in [6, 6.07) is 7.60. The zero-order chi connectivity index (χ0) is 16.2. The maximum atomic E-state index is 12.4. The van der Waals surface area contributed by atoms with Gasteiger partial charge in [-0.15, -0.1) is 0 Å². The first-order valence-corrected chi connectivity index (χ1v) is 8.57. The Bertz CT molecular complexity index is 687. The van der Waals surface area contributed by atoms with Gasteiger partial charge in [0.2, 0.25) is 5.91 Å². The zero-order valence-corrected chi connectivity index (χ0v) is 14.7. The smallest absolute Gasteiger partial charge is 0.227 e. The number of piperidine rings is 1. The van der Waals surface area contributed by atoms with E-state index in [1.165, 1.54) is 6.33 Å². The molecule has 1 amide bonds. The van der Waals surface area contributed by atoms with Crippen LogP contribution in [0.3, 0.4) is 0 Å². The van der Waals surface area contributed by atoms with Crippen molar-refractivity contribution in [3.05, 3.63) is 46.3 Å². The average Bonchev–Trinajstić information content (AvgIpc) is 2.57. The summed E-state index contributed by atoms with van der Waals surface area (Å²) in [6.45, 7) is 1.52. The number of nitrogens with zero attached hydrogens (tertiary/aromatic N) is 3. The Balaban J connectivity index is 1.57. The highest BCUT2D eigenvalue weighted by atomic mass is 79.9. The Morgan fingerprint density at radius 1 is 1.26 bits per heavy atom. The minimum absolute atomic E-state index is 0.00973. The fraction of sp³-hybridized carbons (Fsp3) is 0.312. The molecule has 1 N–H and O–H groups in total. The third kappa shape index (κ3) is 4.00. The SMILES string of the molecule is O=C(Nc1ccc(Br)cc1)C1CCN(c2ncncc2Cl)CC1. The molecule has 1 aromatic carbocycles. The summed E-state index contributed by atoms with van der Waals surface area (Å²) >= 11 is 9.51. The Morgan fingerprint density at radius 2 is 1.96 bits per heavy atom. The number of hydrogen-bond acceptors (Lipinski definition) is 4. The van der Waals surface area contributed by atoms with E-state index in [0.717, 1.165) is 41.9 Å². The number of aromatic nitrogens is 2. The zero-order valence-electron chi connectivity index (χ0n) is 12.4. The fourth-order valence-electron chi connectivity index (χ4n) is 2.67. The van der Waals surface area contributed by atoms with Gasteiger partial charge in [-0.05, 0) is 37.1 Å². The lowest BCUT2D eigenvalue weighted by atomic mass is 9.96. The van der Waals surface area contributed by atoms with E-state index < -0.39 is 0 Å². The largest absolute Gasteiger partial charge is 0.355 e. The lowest BCUT2D eigenvalue weighted by molar-refractivity contribution is -0.120. The molecular formula is C16H16BrClN4O. The summed E-state index contributed by atoms with van der Waals surface area (Å²) in [5, 5.41) is 3.52. The Morgan fingerprint density at radius 3 is 2.61 bits per heavy atom. The molecule has 0 bridgehead atoms. The molecule has 1 saturated heterocycles. The Labute approximate surface area is 148 Å². The van der Waals surface area contributed by atoms with Crippen molar-refractivity contribution in [2.24, 2.45) is 5.92 Å². The second-order valence-electron chi connectivity index (χ2n) is 5.45. The number of benzene rings is 1. The number of hydrogen-bond donors (Lipinski definition) is 1. The first-order chi connectivity index (χ1) is 11.1. The molecule has 0 aliphatic carbocycles. The van der Waals surface area contributed by atoms with Crippen LogP contribution in [-0.2, 0) is 4.79 Å². The molecule has 0 saturated carbocycles. The number of carbonyl (C=O) groups is 1. The standard InChI is InChI=1S/C16H16BrClN4O/c17-12-1-3-13(4-2-12)21-16(23)11-5-7-22(8-6-11)15-14(18)9-19-10-20-15/h1-4,9-11H,5-8H2,(H,21,23). The van der Waals surface area contributed by atoms with Gasteiger partial charge in [-0.3, -0.25) is 4.79 Å². The van der Waals surface area contributed by atoms with Crippen LogP contribution in [0.25, 0.3) is 0 Å². The van der Waals surface area contributed by atoms with Gasteiger partial charge in [0, 0.05) is 29.2 Å². The summed E-state index contributed by atoms with van der Waals surface area (Å²) in [7, 11) is 0. The molecule has 0 unspecified atom stereocenters. The van der Waals surface area contributed by atoms with Crippen LogP contribution in [0.4, 0.5) is 11.5 Å². The normalized spacial score (nSPS) is 15.5. The topological polar surface area (TPSA) is 58.1 Å². The first kappa shape index (κ1) is 16.2. The average molecular weight is 396 g/mol. The van der Waals surface area contributed by atoms with Gasteiger partial charge in [0.1, 0.15) is 11.3 Å². The van der Waals surface area contributed by atoms with Crippen molar-refractivity contribution in [2.75, 3.05) is 23.3 Å². The highest BCUT2D eigenvalue weighted by Crippen LogP contribution is 2.27. The van der Waals surface area contributed by atoms with E-state index in [1.54, 1.807) is 6.20 Å². The Kier molecular flexibility index (Phi) is 5.13. The van der Waals surface area contributed by atoms with Crippen LogP contribution >= 0.6 is 27.5 Å². The molecular weight excluding hydrogens is 380 g/mol. The quantitative estimate of drug-likeness (QED) is 0.860. The monoisotopic (exact) mass is 394 g/mol. The maximum Gasteiger partial charge on any atom is 0.227 e. The molecule has 1 aromatic heterocycles. The van der Waals surface area contributed by atoms with Gasteiger partial charge in [0.05, 0.1) is 6.20 Å². The third-order valence-electron chi connectivity index (χ3n) is 3.93. The number of rotatable bonds is 3. The summed E-state index contributed by atoms with van der Waals surface area (Å²) in [5.41, 5.74) is 0.819. The number of halogens is 2. The minimum Gasteiger partial charge on any atom is -0.355 e. The van der Waals surface area contributed by atoms with Crippen molar-refractivity contribution in [3.63, 3.8) is 0 Å². The minimum atomic E-state index is 0.00973. The molecule has 0 spiro atoms. The molecule has 0 radical (unpaired) electrons. The van der Waals surface area contributed by atoms with Gasteiger partial charge in [-0.25, -0.2) is 9.97 Å². The van der Waals surface area contributed by atoms with E-state index in [4.69, 9.17) is 11.6 Å². The number of nitrogens with one attached hydrogen (secondary N) is 1. The van der Waals surface area contributed by atoms with Gasteiger partial charge in [-0.2, -0.15) is 0 Å². The molecule has 5 nitrogen and oxygen atoms in total. The molecule has 2 heterocycles. The lowest BCUT2D eigenvalue weighted by Crippen LogP contribution is -2.38. The predicted octanol–water partition coefficient (Wildman–Crippen LogP) is 3.75. The third-order valence-corrected chi connectivity index (χ3v) is 4.72. The molecule has 1 aliphatic rings. The number of carbonyl (C=O) groups excluding carboxylic acids is 1. The van der Waals surface area contributed by atoms with Crippen molar-refractivity contribution < 1.29 is 4.79 Å². The van der Waals surface area contributed by atoms with Crippen molar-refractivity contribution >= 4 is 44.9 Å². The second kappa shape index (κ2) is 7.27. The van der Waals surface area contributed by atoms with Crippen molar-refractivity contribution in [2.45, 2.75) is 12.8 Å².